The second kappa shape index (κ2) is 5.89. The van der Waals surface area contributed by atoms with Gasteiger partial charge in [0.25, 0.3) is 5.91 Å². The summed E-state index contributed by atoms with van der Waals surface area (Å²) in [7, 11) is 0. The van der Waals surface area contributed by atoms with Gasteiger partial charge in [0.2, 0.25) is 0 Å². The molecule has 3 N–H and O–H groups in total. The molecule has 100 valence electrons. The summed E-state index contributed by atoms with van der Waals surface area (Å²) < 4.78 is 0. The molecule has 1 amide bonds. The molecule has 0 aliphatic carbocycles. The van der Waals surface area contributed by atoms with E-state index in [0.29, 0.717) is 11.3 Å². The zero-order valence-corrected chi connectivity index (χ0v) is 11.8. The van der Waals surface area contributed by atoms with E-state index in [1.807, 2.05) is 19.1 Å². The highest BCUT2D eigenvalue weighted by Gasteiger charge is 2.26. The second-order valence-electron chi connectivity index (χ2n) is 4.87. The normalized spacial score (nSPS) is 11.3. The van der Waals surface area contributed by atoms with Gasteiger partial charge in [0.05, 0.1) is 0 Å². The highest BCUT2D eigenvalue weighted by molar-refractivity contribution is 5.96. The third-order valence-corrected chi connectivity index (χ3v) is 3.92. The lowest BCUT2D eigenvalue weighted by molar-refractivity contribution is 0.0887. The summed E-state index contributed by atoms with van der Waals surface area (Å²) in [4.78, 5) is 12.3. The lowest BCUT2D eigenvalue weighted by atomic mass is 9.89. The maximum absolute atomic E-state index is 12.3. The molecule has 0 heterocycles. The van der Waals surface area contributed by atoms with Crippen LogP contribution in [0.15, 0.2) is 18.2 Å². The molecule has 1 rings (SSSR count). The molecule has 1 aromatic rings. The van der Waals surface area contributed by atoms with Crippen LogP contribution in [-0.4, -0.2) is 11.4 Å². The number of carbonyl (C=O) groups excluding carboxylic acids is 1. The van der Waals surface area contributed by atoms with Crippen LogP contribution in [0.4, 0.5) is 5.69 Å². The van der Waals surface area contributed by atoms with Crippen molar-refractivity contribution in [3.63, 3.8) is 0 Å². The molecule has 0 fully saturated rings. The van der Waals surface area contributed by atoms with Gasteiger partial charge in [0.1, 0.15) is 0 Å². The molecule has 0 saturated heterocycles. The Morgan fingerprint density at radius 3 is 2.28 bits per heavy atom. The van der Waals surface area contributed by atoms with Crippen molar-refractivity contribution in [3.05, 3.63) is 29.3 Å². The molecule has 3 nitrogen and oxygen atoms in total. The maximum Gasteiger partial charge on any atom is 0.252 e. The van der Waals surface area contributed by atoms with Gasteiger partial charge < -0.3 is 11.1 Å². The van der Waals surface area contributed by atoms with Gasteiger partial charge in [-0.05, 0) is 43.9 Å². The molecular formula is C15H24N2O. The molecule has 0 unspecified atom stereocenters. The molecular weight excluding hydrogens is 224 g/mol. The van der Waals surface area contributed by atoms with Crippen LogP contribution in [0.5, 0.6) is 0 Å². The number of hydrogen-bond donors (Lipinski definition) is 2. The maximum atomic E-state index is 12.3. The van der Waals surface area contributed by atoms with E-state index in [-0.39, 0.29) is 11.4 Å². The average Bonchev–Trinajstić information content (AvgIpc) is 2.38. The van der Waals surface area contributed by atoms with Gasteiger partial charge in [-0.25, -0.2) is 0 Å². The van der Waals surface area contributed by atoms with Gasteiger partial charge in [0, 0.05) is 16.8 Å². The third-order valence-electron chi connectivity index (χ3n) is 3.92. The smallest absolute Gasteiger partial charge is 0.252 e. The summed E-state index contributed by atoms with van der Waals surface area (Å²) in [5, 5.41) is 3.17. The Labute approximate surface area is 110 Å². The minimum Gasteiger partial charge on any atom is -0.399 e. The van der Waals surface area contributed by atoms with Crippen molar-refractivity contribution in [2.75, 3.05) is 5.73 Å². The summed E-state index contributed by atoms with van der Waals surface area (Å²) in [5.41, 5.74) is 7.90. The minimum atomic E-state index is -0.103. The number of carbonyl (C=O) groups is 1. The minimum absolute atomic E-state index is 0.0228. The fraction of sp³-hybridized carbons (Fsp3) is 0.533. The Balaban J connectivity index is 2.97. The zero-order chi connectivity index (χ0) is 13.8. The van der Waals surface area contributed by atoms with Crippen LogP contribution < -0.4 is 11.1 Å². The topological polar surface area (TPSA) is 55.1 Å². The van der Waals surface area contributed by atoms with Gasteiger partial charge in [-0.15, -0.1) is 0 Å². The first-order valence-electron chi connectivity index (χ1n) is 6.66. The van der Waals surface area contributed by atoms with E-state index in [1.54, 1.807) is 6.07 Å². The molecule has 0 spiro atoms. The molecule has 0 aliphatic heterocycles. The lowest BCUT2D eigenvalue weighted by Gasteiger charge is -2.32. The molecule has 3 heteroatoms. The first-order chi connectivity index (χ1) is 8.48. The Kier molecular flexibility index (Phi) is 4.76. The van der Waals surface area contributed by atoms with Crippen LogP contribution in [0, 0.1) is 6.92 Å². The van der Waals surface area contributed by atoms with Crippen LogP contribution in [0.3, 0.4) is 0 Å². The first kappa shape index (κ1) is 14.6. The third kappa shape index (κ3) is 3.03. The molecule has 1 aromatic carbocycles. The lowest BCUT2D eigenvalue weighted by Crippen LogP contribution is -2.47. The quantitative estimate of drug-likeness (QED) is 0.786. The number of aryl methyl sites for hydroxylation is 1. The zero-order valence-electron chi connectivity index (χ0n) is 11.8. The largest absolute Gasteiger partial charge is 0.399 e. The Bertz CT molecular complexity index is 414. The van der Waals surface area contributed by atoms with Crippen molar-refractivity contribution >= 4 is 11.6 Å². The molecule has 0 aliphatic rings. The fourth-order valence-corrected chi connectivity index (χ4v) is 2.21. The number of hydrogen-bond acceptors (Lipinski definition) is 2. The number of nitrogens with one attached hydrogen (secondary N) is 1. The predicted molar refractivity (Wildman–Crippen MR) is 76.7 cm³/mol. The van der Waals surface area contributed by atoms with E-state index < -0.39 is 0 Å². The highest BCUT2D eigenvalue weighted by Crippen LogP contribution is 2.21. The van der Waals surface area contributed by atoms with Crippen molar-refractivity contribution in [1.29, 1.82) is 0 Å². The summed E-state index contributed by atoms with van der Waals surface area (Å²) >= 11 is 0. The molecule has 0 atom stereocenters. The SMILES string of the molecule is CCC(CC)(CC)NC(=O)c1cc(N)ccc1C. The Morgan fingerprint density at radius 2 is 1.78 bits per heavy atom. The molecule has 0 saturated carbocycles. The van der Waals surface area contributed by atoms with E-state index in [2.05, 4.69) is 26.1 Å². The second-order valence-corrected chi connectivity index (χ2v) is 4.87. The van der Waals surface area contributed by atoms with Gasteiger partial charge >= 0.3 is 0 Å². The van der Waals surface area contributed by atoms with Crippen molar-refractivity contribution in [2.24, 2.45) is 0 Å². The van der Waals surface area contributed by atoms with Crippen LogP contribution in [0.2, 0.25) is 0 Å². The highest BCUT2D eigenvalue weighted by atomic mass is 16.1. The van der Waals surface area contributed by atoms with Gasteiger partial charge in [-0.2, -0.15) is 0 Å². The predicted octanol–water partition coefficient (Wildman–Crippen LogP) is 3.28. The number of anilines is 1. The Hall–Kier alpha value is -1.51. The summed E-state index contributed by atoms with van der Waals surface area (Å²) in [6.07, 6.45) is 2.81. The van der Waals surface area contributed by atoms with Crippen LogP contribution in [-0.2, 0) is 0 Å². The number of nitrogen functional groups attached to an aromatic ring is 1. The molecule has 0 radical (unpaired) electrons. The van der Waals surface area contributed by atoms with Crippen LogP contribution >= 0.6 is 0 Å². The van der Waals surface area contributed by atoms with E-state index >= 15 is 0 Å². The van der Waals surface area contributed by atoms with Crippen LogP contribution in [0.25, 0.3) is 0 Å². The van der Waals surface area contributed by atoms with E-state index in [0.717, 1.165) is 24.8 Å². The summed E-state index contributed by atoms with van der Waals surface area (Å²) in [5.74, 6) is -0.0228. The molecule has 0 bridgehead atoms. The fourth-order valence-electron chi connectivity index (χ4n) is 2.21. The van der Waals surface area contributed by atoms with Crippen LogP contribution in [0.1, 0.15) is 56.0 Å². The van der Waals surface area contributed by atoms with Gasteiger partial charge in [-0.1, -0.05) is 26.8 Å². The van der Waals surface area contributed by atoms with Crippen molar-refractivity contribution in [1.82, 2.24) is 5.32 Å². The number of benzene rings is 1. The van der Waals surface area contributed by atoms with Gasteiger partial charge in [-0.3, -0.25) is 4.79 Å². The van der Waals surface area contributed by atoms with Crippen molar-refractivity contribution in [3.8, 4) is 0 Å². The average molecular weight is 248 g/mol. The molecule has 0 aromatic heterocycles. The van der Waals surface area contributed by atoms with E-state index in [1.165, 1.54) is 0 Å². The first-order valence-corrected chi connectivity index (χ1v) is 6.66. The number of nitrogens with two attached hydrogens (primary N) is 1. The number of amides is 1. The number of rotatable bonds is 5. The summed E-state index contributed by atoms with van der Waals surface area (Å²) in [6.45, 7) is 8.26. The van der Waals surface area contributed by atoms with E-state index in [9.17, 15) is 4.79 Å². The van der Waals surface area contributed by atoms with E-state index in [4.69, 9.17) is 5.73 Å². The van der Waals surface area contributed by atoms with Crippen molar-refractivity contribution in [2.45, 2.75) is 52.5 Å². The molecule has 18 heavy (non-hydrogen) atoms. The van der Waals surface area contributed by atoms with Gasteiger partial charge in [0.15, 0.2) is 0 Å². The summed E-state index contributed by atoms with van der Waals surface area (Å²) in [6, 6.07) is 5.45. The standard InChI is InChI=1S/C15H24N2O/c1-5-15(6-2,7-3)17-14(18)13-10-12(16)9-8-11(13)4/h8-10H,5-7,16H2,1-4H3,(H,17,18). The monoisotopic (exact) mass is 248 g/mol. The Morgan fingerprint density at radius 1 is 1.22 bits per heavy atom. The van der Waals surface area contributed by atoms with Crippen molar-refractivity contribution < 1.29 is 4.79 Å².